The average Bonchev–Trinajstić information content (AvgIpc) is 2.13. The quantitative estimate of drug-likeness (QED) is 0.611. The van der Waals surface area contributed by atoms with E-state index in [9.17, 15) is 13.2 Å². The first-order valence-corrected chi connectivity index (χ1v) is 8.00. The normalized spacial score (nSPS) is 24.2. The van der Waals surface area contributed by atoms with Crippen molar-refractivity contribution in [2.45, 2.75) is 38.5 Å². The standard InChI is InChI=1S/C10H13F3O2Si/c1-16(2)14-8-6-4-3-5-7(8)9(15-16)10(11,12)13/h6H,3-5H2,1-2H3. The number of allylic oxidation sites excluding steroid dienone is 3. The largest absolute Gasteiger partial charge is 0.512 e. The molecule has 0 aromatic heterocycles. The predicted molar refractivity (Wildman–Crippen MR) is 54.7 cm³/mol. The lowest BCUT2D eigenvalue weighted by molar-refractivity contribution is -0.123. The van der Waals surface area contributed by atoms with Crippen molar-refractivity contribution in [3.05, 3.63) is 23.2 Å². The van der Waals surface area contributed by atoms with Gasteiger partial charge in [-0.3, -0.25) is 0 Å². The Morgan fingerprint density at radius 2 is 1.94 bits per heavy atom. The van der Waals surface area contributed by atoms with E-state index in [2.05, 4.69) is 0 Å². The van der Waals surface area contributed by atoms with Gasteiger partial charge in [-0.05, 0) is 25.3 Å². The predicted octanol–water partition coefficient (Wildman–Crippen LogP) is 3.62. The summed E-state index contributed by atoms with van der Waals surface area (Å²) in [5.41, 5.74) is 0.186. The van der Waals surface area contributed by atoms with Gasteiger partial charge < -0.3 is 8.85 Å². The Hall–Kier alpha value is -0.913. The third-order valence-electron chi connectivity index (χ3n) is 2.49. The van der Waals surface area contributed by atoms with E-state index in [-0.39, 0.29) is 5.57 Å². The van der Waals surface area contributed by atoms with Gasteiger partial charge in [0, 0.05) is 18.7 Å². The molecule has 1 aliphatic carbocycles. The Labute approximate surface area is 93.0 Å². The molecule has 0 amide bonds. The van der Waals surface area contributed by atoms with Crippen molar-refractivity contribution in [1.82, 2.24) is 0 Å². The van der Waals surface area contributed by atoms with Gasteiger partial charge in [0.15, 0.2) is 5.76 Å². The van der Waals surface area contributed by atoms with Crippen molar-refractivity contribution in [2.75, 3.05) is 0 Å². The molecule has 0 aromatic carbocycles. The molecule has 0 aromatic rings. The summed E-state index contributed by atoms with van der Waals surface area (Å²) in [4.78, 5) is 0. The van der Waals surface area contributed by atoms with Crippen LogP contribution in [0, 0.1) is 0 Å². The maximum absolute atomic E-state index is 12.8. The van der Waals surface area contributed by atoms with Crippen LogP contribution in [0.2, 0.25) is 13.1 Å². The number of fused-ring (bicyclic) bond motifs is 1. The van der Waals surface area contributed by atoms with Crippen LogP contribution >= 0.6 is 0 Å². The van der Waals surface area contributed by atoms with Crippen molar-refractivity contribution >= 4 is 8.56 Å². The SMILES string of the molecule is C[Si]1(C)OC2=CCCCC2=C(C(F)(F)F)O1. The summed E-state index contributed by atoms with van der Waals surface area (Å²) in [7, 11) is -2.72. The van der Waals surface area contributed by atoms with E-state index < -0.39 is 20.5 Å². The highest BCUT2D eigenvalue weighted by atomic mass is 28.4. The molecule has 2 rings (SSSR count). The minimum absolute atomic E-state index is 0.186. The lowest BCUT2D eigenvalue weighted by atomic mass is 9.99. The fourth-order valence-corrected chi connectivity index (χ4v) is 3.42. The highest BCUT2D eigenvalue weighted by Gasteiger charge is 2.48. The van der Waals surface area contributed by atoms with Crippen molar-refractivity contribution < 1.29 is 22.0 Å². The summed E-state index contributed by atoms with van der Waals surface area (Å²) in [6.45, 7) is 3.23. The molecular weight excluding hydrogens is 237 g/mol. The number of rotatable bonds is 0. The molecule has 0 radical (unpaired) electrons. The van der Waals surface area contributed by atoms with E-state index in [1.165, 1.54) is 0 Å². The van der Waals surface area contributed by atoms with Crippen LogP contribution in [0.4, 0.5) is 13.2 Å². The van der Waals surface area contributed by atoms with Gasteiger partial charge in [-0.25, -0.2) is 0 Å². The number of hydrogen-bond donors (Lipinski definition) is 0. The van der Waals surface area contributed by atoms with E-state index in [0.717, 1.165) is 6.42 Å². The Balaban J connectivity index is 2.48. The van der Waals surface area contributed by atoms with Gasteiger partial charge in [-0.2, -0.15) is 13.2 Å². The number of halogens is 3. The van der Waals surface area contributed by atoms with E-state index in [1.807, 2.05) is 0 Å². The topological polar surface area (TPSA) is 18.5 Å². The summed E-state index contributed by atoms with van der Waals surface area (Å²) in [5.74, 6) is -0.442. The lowest BCUT2D eigenvalue weighted by Crippen LogP contribution is -2.42. The Kier molecular flexibility index (Phi) is 2.56. The molecule has 16 heavy (non-hydrogen) atoms. The first-order chi connectivity index (χ1) is 7.30. The van der Waals surface area contributed by atoms with Gasteiger partial charge in [0.2, 0.25) is 0 Å². The Morgan fingerprint density at radius 3 is 2.56 bits per heavy atom. The highest BCUT2D eigenvalue weighted by Crippen LogP contribution is 2.42. The molecule has 6 heteroatoms. The van der Waals surface area contributed by atoms with Crippen molar-refractivity contribution in [2.24, 2.45) is 0 Å². The molecule has 0 fully saturated rings. The molecule has 0 unspecified atom stereocenters. The molecule has 0 saturated heterocycles. The molecule has 90 valence electrons. The van der Waals surface area contributed by atoms with E-state index in [4.69, 9.17) is 8.85 Å². The number of alkyl halides is 3. The Morgan fingerprint density at radius 1 is 1.25 bits per heavy atom. The van der Waals surface area contributed by atoms with Crippen LogP contribution in [-0.2, 0) is 8.85 Å². The van der Waals surface area contributed by atoms with Gasteiger partial charge >= 0.3 is 14.7 Å². The molecule has 0 N–H and O–H groups in total. The molecule has 0 saturated carbocycles. The second-order valence-corrected chi connectivity index (χ2v) is 7.58. The van der Waals surface area contributed by atoms with Gasteiger partial charge in [-0.15, -0.1) is 0 Å². The second kappa shape index (κ2) is 3.55. The fourth-order valence-electron chi connectivity index (χ4n) is 1.91. The monoisotopic (exact) mass is 250 g/mol. The fraction of sp³-hybridized carbons (Fsp3) is 0.600. The first kappa shape index (κ1) is 11.6. The zero-order valence-electron chi connectivity index (χ0n) is 9.15. The maximum atomic E-state index is 12.8. The van der Waals surface area contributed by atoms with Crippen molar-refractivity contribution in [3.8, 4) is 0 Å². The van der Waals surface area contributed by atoms with Crippen molar-refractivity contribution in [3.63, 3.8) is 0 Å². The van der Waals surface area contributed by atoms with Crippen LogP contribution in [0.3, 0.4) is 0 Å². The molecule has 0 spiro atoms. The summed E-state index contributed by atoms with van der Waals surface area (Å²) in [6, 6.07) is 0. The van der Waals surface area contributed by atoms with Gasteiger partial charge in [-0.1, -0.05) is 0 Å². The highest BCUT2D eigenvalue weighted by molar-refractivity contribution is 6.65. The minimum Gasteiger partial charge on any atom is -0.512 e. The second-order valence-electron chi connectivity index (χ2n) is 4.37. The van der Waals surface area contributed by atoms with Gasteiger partial charge in [0.1, 0.15) is 5.76 Å². The van der Waals surface area contributed by atoms with E-state index >= 15 is 0 Å². The van der Waals surface area contributed by atoms with Crippen LogP contribution in [0.1, 0.15) is 19.3 Å². The summed E-state index contributed by atoms with van der Waals surface area (Å²) < 4.78 is 49.0. The van der Waals surface area contributed by atoms with Crippen LogP contribution < -0.4 is 0 Å². The molecule has 0 atom stereocenters. The molecule has 1 heterocycles. The molecule has 1 aliphatic heterocycles. The third-order valence-corrected chi connectivity index (χ3v) is 3.90. The molecule has 0 bridgehead atoms. The third kappa shape index (κ3) is 2.11. The zero-order chi connectivity index (χ0) is 12.0. The van der Waals surface area contributed by atoms with Crippen LogP contribution in [0.5, 0.6) is 0 Å². The molecule has 2 nitrogen and oxygen atoms in total. The minimum atomic E-state index is -4.42. The van der Waals surface area contributed by atoms with Gasteiger partial charge in [0.05, 0.1) is 0 Å². The Bertz CT molecular complexity index is 369. The van der Waals surface area contributed by atoms with E-state index in [0.29, 0.717) is 18.6 Å². The first-order valence-electron chi connectivity index (χ1n) is 5.18. The van der Waals surface area contributed by atoms with Crippen LogP contribution in [0.15, 0.2) is 23.2 Å². The average molecular weight is 250 g/mol. The van der Waals surface area contributed by atoms with E-state index in [1.54, 1.807) is 19.2 Å². The maximum Gasteiger partial charge on any atom is 0.454 e. The summed E-state index contributed by atoms with van der Waals surface area (Å²) in [5, 5.41) is 0. The van der Waals surface area contributed by atoms with Crippen LogP contribution in [-0.4, -0.2) is 14.7 Å². The summed E-state index contributed by atoms with van der Waals surface area (Å²) >= 11 is 0. The summed E-state index contributed by atoms with van der Waals surface area (Å²) in [6.07, 6.45) is -0.811. The number of hydrogen-bond acceptors (Lipinski definition) is 2. The molecular formula is C10H13F3O2Si. The van der Waals surface area contributed by atoms with Gasteiger partial charge in [0.25, 0.3) is 0 Å². The van der Waals surface area contributed by atoms with Crippen LogP contribution in [0.25, 0.3) is 0 Å². The smallest absolute Gasteiger partial charge is 0.454 e. The lowest BCUT2D eigenvalue weighted by Gasteiger charge is -2.36. The van der Waals surface area contributed by atoms with Crippen molar-refractivity contribution in [1.29, 1.82) is 0 Å². The zero-order valence-corrected chi connectivity index (χ0v) is 10.1. The molecule has 2 aliphatic rings.